The lowest BCUT2D eigenvalue weighted by atomic mass is 10.2. The van der Waals surface area contributed by atoms with E-state index in [1.165, 1.54) is 38.5 Å². The Hall–Kier alpha value is -2.80. The molecule has 25 heavy (non-hydrogen) atoms. The van der Waals surface area contributed by atoms with Gasteiger partial charge in [0, 0.05) is 6.07 Å². The van der Waals surface area contributed by atoms with Gasteiger partial charge in [0.05, 0.1) is 24.9 Å². The van der Waals surface area contributed by atoms with Crippen LogP contribution in [0.2, 0.25) is 5.02 Å². The second-order valence-corrected chi connectivity index (χ2v) is 5.22. The summed E-state index contributed by atoms with van der Waals surface area (Å²) in [6, 6.07) is 8.08. The maximum absolute atomic E-state index is 13.0. The molecule has 0 aliphatic heterocycles. The number of hydrogen-bond acceptors (Lipinski definition) is 5. The van der Waals surface area contributed by atoms with Gasteiger partial charge in [-0.2, -0.15) is 0 Å². The molecule has 0 atom stereocenters. The van der Waals surface area contributed by atoms with Crippen LogP contribution in [0.5, 0.6) is 11.5 Å². The highest BCUT2D eigenvalue weighted by atomic mass is 35.5. The Morgan fingerprint density at radius 2 is 1.92 bits per heavy atom. The van der Waals surface area contributed by atoms with Crippen molar-refractivity contribution >= 4 is 29.2 Å². The first-order valence-electron chi connectivity index (χ1n) is 7.08. The Morgan fingerprint density at radius 1 is 1.16 bits per heavy atom. The molecule has 0 spiro atoms. The largest absolute Gasteiger partial charge is 0.497 e. The summed E-state index contributed by atoms with van der Waals surface area (Å²) in [6.45, 7) is -0.398. The second kappa shape index (κ2) is 8.34. The van der Waals surface area contributed by atoms with Crippen molar-refractivity contribution in [3.63, 3.8) is 0 Å². The molecular weight excluding hydrogens is 353 g/mol. The highest BCUT2D eigenvalue weighted by Crippen LogP contribution is 2.26. The Balaban J connectivity index is 2.09. The molecule has 0 bridgehead atoms. The fourth-order valence-corrected chi connectivity index (χ4v) is 2.16. The summed E-state index contributed by atoms with van der Waals surface area (Å²) < 4.78 is 28.1. The van der Waals surface area contributed by atoms with Gasteiger partial charge in [-0.05, 0) is 30.3 Å². The first kappa shape index (κ1) is 18.5. The van der Waals surface area contributed by atoms with Gasteiger partial charge >= 0.3 is 5.97 Å². The van der Waals surface area contributed by atoms with Crippen LogP contribution >= 0.6 is 11.6 Å². The van der Waals surface area contributed by atoms with Crippen LogP contribution in [-0.4, -0.2) is 32.7 Å². The molecule has 8 heteroatoms. The zero-order valence-electron chi connectivity index (χ0n) is 13.5. The quantitative estimate of drug-likeness (QED) is 0.793. The lowest BCUT2D eigenvalue weighted by Crippen LogP contribution is -2.21. The molecule has 0 unspecified atom stereocenters. The minimum atomic E-state index is -0.611. The van der Waals surface area contributed by atoms with Crippen LogP contribution in [-0.2, 0) is 9.53 Å². The number of carbonyl (C=O) groups excluding carboxylic acids is 2. The third kappa shape index (κ3) is 4.84. The molecule has 0 saturated carbocycles. The fourth-order valence-electron chi connectivity index (χ4n) is 1.95. The van der Waals surface area contributed by atoms with E-state index in [2.05, 4.69) is 10.1 Å². The fraction of sp³-hybridized carbons (Fsp3) is 0.176. The SMILES string of the molecule is COC(=O)c1ccc(OC)cc1OCC(=O)Nc1ccc(F)cc1Cl. The van der Waals surface area contributed by atoms with E-state index in [1.54, 1.807) is 6.07 Å². The molecule has 0 saturated heterocycles. The number of ether oxygens (including phenoxy) is 3. The number of halogens is 2. The second-order valence-electron chi connectivity index (χ2n) is 4.81. The van der Waals surface area contributed by atoms with Crippen molar-refractivity contribution in [2.45, 2.75) is 0 Å². The summed E-state index contributed by atoms with van der Waals surface area (Å²) in [5, 5.41) is 2.55. The van der Waals surface area contributed by atoms with Gasteiger partial charge < -0.3 is 19.5 Å². The van der Waals surface area contributed by atoms with Crippen molar-refractivity contribution in [1.29, 1.82) is 0 Å². The predicted octanol–water partition coefficient (Wildman–Crippen LogP) is 3.29. The molecule has 0 radical (unpaired) electrons. The van der Waals surface area contributed by atoms with E-state index in [-0.39, 0.29) is 22.0 Å². The highest BCUT2D eigenvalue weighted by Gasteiger charge is 2.16. The molecule has 0 aromatic heterocycles. The number of anilines is 1. The number of carbonyl (C=O) groups is 2. The summed E-state index contributed by atoms with van der Waals surface area (Å²) in [4.78, 5) is 23.7. The number of benzene rings is 2. The smallest absolute Gasteiger partial charge is 0.341 e. The standard InChI is InChI=1S/C17H15ClFNO5/c1-23-11-4-5-12(17(22)24-2)15(8-11)25-9-16(21)20-14-6-3-10(19)7-13(14)18/h3-8H,9H2,1-2H3,(H,20,21). The zero-order chi connectivity index (χ0) is 18.4. The summed E-state index contributed by atoms with van der Waals surface area (Å²) >= 11 is 5.84. The average Bonchev–Trinajstić information content (AvgIpc) is 2.61. The van der Waals surface area contributed by atoms with Crippen molar-refractivity contribution in [3.8, 4) is 11.5 Å². The van der Waals surface area contributed by atoms with Crippen molar-refractivity contribution in [2.24, 2.45) is 0 Å². The minimum absolute atomic E-state index is 0.0602. The molecule has 2 aromatic carbocycles. The van der Waals surface area contributed by atoms with Crippen LogP contribution in [0.3, 0.4) is 0 Å². The lowest BCUT2D eigenvalue weighted by Gasteiger charge is -2.12. The summed E-state index contributed by atoms with van der Waals surface area (Å²) in [5.41, 5.74) is 0.395. The van der Waals surface area contributed by atoms with Gasteiger partial charge in [0.1, 0.15) is 22.9 Å². The summed E-state index contributed by atoms with van der Waals surface area (Å²) in [7, 11) is 2.69. The maximum atomic E-state index is 13.0. The zero-order valence-corrected chi connectivity index (χ0v) is 14.2. The molecule has 0 heterocycles. The molecular formula is C17H15ClFNO5. The van der Waals surface area contributed by atoms with Crippen molar-refractivity contribution in [2.75, 3.05) is 26.1 Å². The van der Waals surface area contributed by atoms with E-state index in [0.717, 1.165) is 6.07 Å². The number of esters is 1. The van der Waals surface area contributed by atoms with Gasteiger partial charge in [-0.1, -0.05) is 11.6 Å². The molecule has 0 aliphatic rings. The van der Waals surface area contributed by atoms with Crippen molar-refractivity contribution < 1.29 is 28.2 Å². The lowest BCUT2D eigenvalue weighted by molar-refractivity contribution is -0.118. The monoisotopic (exact) mass is 367 g/mol. The topological polar surface area (TPSA) is 73.9 Å². The van der Waals surface area contributed by atoms with Gasteiger partial charge in [-0.15, -0.1) is 0 Å². The van der Waals surface area contributed by atoms with E-state index in [4.69, 9.17) is 21.1 Å². The van der Waals surface area contributed by atoms with E-state index in [1.807, 2.05) is 0 Å². The number of nitrogens with one attached hydrogen (secondary N) is 1. The molecule has 2 rings (SSSR count). The molecule has 6 nitrogen and oxygen atoms in total. The van der Waals surface area contributed by atoms with E-state index in [9.17, 15) is 14.0 Å². The van der Waals surface area contributed by atoms with E-state index in [0.29, 0.717) is 5.75 Å². The third-order valence-electron chi connectivity index (χ3n) is 3.16. The Bertz CT molecular complexity index is 797. The Labute approximate surface area is 148 Å². The first-order valence-corrected chi connectivity index (χ1v) is 7.46. The third-order valence-corrected chi connectivity index (χ3v) is 3.47. The van der Waals surface area contributed by atoms with Crippen LogP contribution in [0, 0.1) is 5.82 Å². The van der Waals surface area contributed by atoms with Crippen LogP contribution in [0.1, 0.15) is 10.4 Å². The molecule has 132 valence electrons. The molecule has 0 fully saturated rings. The van der Waals surface area contributed by atoms with Crippen LogP contribution in [0.25, 0.3) is 0 Å². The van der Waals surface area contributed by atoms with E-state index < -0.39 is 24.3 Å². The van der Waals surface area contributed by atoms with Crippen LogP contribution < -0.4 is 14.8 Å². The molecule has 1 amide bonds. The molecule has 0 aliphatic carbocycles. The summed E-state index contributed by atoms with van der Waals surface area (Å²) in [6.07, 6.45) is 0. The van der Waals surface area contributed by atoms with Crippen molar-refractivity contribution in [1.82, 2.24) is 0 Å². The minimum Gasteiger partial charge on any atom is -0.497 e. The predicted molar refractivity (Wildman–Crippen MR) is 89.9 cm³/mol. The van der Waals surface area contributed by atoms with Gasteiger partial charge in [-0.3, -0.25) is 4.79 Å². The normalized spacial score (nSPS) is 10.1. The van der Waals surface area contributed by atoms with Gasteiger partial charge in [-0.25, -0.2) is 9.18 Å². The summed E-state index contributed by atoms with van der Waals surface area (Å²) in [5.74, 6) is -1.08. The number of hydrogen-bond donors (Lipinski definition) is 1. The maximum Gasteiger partial charge on any atom is 0.341 e. The number of rotatable bonds is 6. The Morgan fingerprint density at radius 3 is 2.56 bits per heavy atom. The average molecular weight is 368 g/mol. The first-order chi connectivity index (χ1) is 11.9. The van der Waals surface area contributed by atoms with Crippen LogP contribution in [0.15, 0.2) is 36.4 Å². The van der Waals surface area contributed by atoms with Gasteiger partial charge in [0.15, 0.2) is 6.61 Å². The molecule has 1 N–H and O–H groups in total. The van der Waals surface area contributed by atoms with Gasteiger partial charge in [0.2, 0.25) is 0 Å². The number of amides is 1. The van der Waals surface area contributed by atoms with Gasteiger partial charge in [0.25, 0.3) is 5.91 Å². The van der Waals surface area contributed by atoms with Crippen LogP contribution in [0.4, 0.5) is 10.1 Å². The highest BCUT2D eigenvalue weighted by molar-refractivity contribution is 6.33. The van der Waals surface area contributed by atoms with Crippen molar-refractivity contribution in [3.05, 3.63) is 52.8 Å². The Kier molecular flexibility index (Phi) is 6.19. The number of methoxy groups -OCH3 is 2. The van der Waals surface area contributed by atoms with E-state index >= 15 is 0 Å². The molecule has 2 aromatic rings.